The molecule has 130 valence electrons. The summed E-state index contributed by atoms with van der Waals surface area (Å²) in [4.78, 5) is 16.4. The van der Waals surface area contributed by atoms with Gasteiger partial charge in [0.15, 0.2) is 5.13 Å². The summed E-state index contributed by atoms with van der Waals surface area (Å²) in [5.74, 6) is 0.931. The first-order valence-corrected chi connectivity index (χ1v) is 9.78. The van der Waals surface area contributed by atoms with Crippen molar-refractivity contribution in [2.24, 2.45) is 5.92 Å². The molecule has 0 aliphatic rings. The largest absolute Gasteiger partial charge is 0.489 e. The van der Waals surface area contributed by atoms with Gasteiger partial charge in [-0.2, -0.15) is 0 Å². The maximum absolute atomic E-state index is 12.1. The highest BCUT2D eigenvalue weighted by molar-refractivity contribution is 9.10. The Labute approximate surface area is 159 Å². The predicted molar refractivity (Wildman–Crippen MR) is 107 cm³/mol. The maximum atomic E-state index is 12.1. The van der Waals surface area contributed by atoms with Gasteiger partial charge in [-0.3, -0.25) is 4.79 Å². The second-order valence-electron chi connectivity index (χ2n) is 6.06. The number of rotatable bonds is 6. The number of carbonyl (C=O) groups is 1. The van der Waals surface area contributed by atoms with E-state index in [9.17, 15) is 4.79 Å². The fraction of sp³-hybridized carbons (Fsp3) is 0.263. The smallest absolute Gasteiger partial charge is 0.240 e. The lowest BCUT2D eigenvalue weighted by Crippen LogP contribution is -2.26. The van der Waals surface area contributed by atoms with Gasteiger partial charge in [-0.15, -0.1) is 0 Å². The second kappa shape index (κ2) is 7.97. The number of alkyl halides is 1. The van der Waals surface area contributed by atoms with Crippen LogP contribution in [-0.4, -0.2) is 15.7 Å². The summed E-state index contributed by atoms with van der Waals surface area (Å²) in [5, 5.41) is 3.47. The predicted octanol–water partition coefficient (Wildman–Crippen LogP) is 5.23. The number of nitrogens with one attached hydrogen (secondary N) is 1. The zero-order valence-corrected chi connectivity index (χ0v) is 16.4. The molecule has 0 bridgehead atoms. The number of halogens is 1. The Morgan fingerprint density at radius 2 is 2.00 bits per heavy atom. The van der Waals surface area contributed by atoms with Crippen LogP contribution < -0.4 is 10.1 Å². The molecule has 0 spiro atoms. The van der Waals surface area contributed by atoms with Crippen LogP contribution in [0, 0.1) is 5.92 Å². The third-order valence-electron chi connectivity index (χ3n) is 3.67. The topological polar surface area (TPSA) is 51.2 Å². The molecule has 2 aromatic carbocycles. The minimum absolute atomic E-state index is 0.0744. The summed E-state index contributed by atoms with van der Waals surface area (Å²) in [7, 11) is 0. The van der Waals surface area contributed by atoms with Crippen molar-refractivity contribution in [3.05, 3.63) is 54.1 Å². The van der Waals surface area contributed by atoms with Crippen molar-refractivity contribution < 1.29 is 9.53 Å². The number of benzene rings is 2. The molecule has 4 nitrogen and oxygen atoms in total. The van der Waals surface area contributed by atoms with Crippen LogP contribution in [0.4, 0.5) is 5.13 Å². The monoisotopic (exact) mass is 418 g/mol. The Balaban J connectivity index is 1.70. The van der Waals surface area contributed by atoms with Gasteiger partial charge in [0.1, 0.15) is 12.4 Å². The van der Waals surface area contributed by atoms with Gasteiger partial charge in [0, 0.05) is 0 Å². The number of amides is 1. The molecule has 1 heterocycles. The van der Waals surface area contributed by atoms with Gasteiger partial charge in [-0.25, -0.2) is 4.98 Å². The Bertz CT molecular complexity index is 864. The van der Waals surface area contributed by atoms with E-state index in [1.54, 1.807) is 0 Å². The summed E-state index contributed by atoms with van der Waals surface area (Å²) in [6.07, 6.45) is 0. The fourth-order valence-electron chi connectivity index (χ4n) is 2.27. The fourth-order valence-corrected chi connectivity index (χ4v) is 3.28. The highest BCUT2D eigenvalue weighted by atomic mass is 79.9. The van der Waals surface area contributed by atoms with E-state index >= 15 is 0 Å². The summed E-state index contributed by atoms with van der Waals surface area (Å²) < 4.78 is 6.83. The van der Waals surface area contributed by atoms with E-state index in [4.69, 9.17) is 4.74 Å². The number of hydrogen-bond donors (Lipinski definition) is 1. The van der Waals surface area contributed by atoms with Gasteiger partial charge in [0.05, 0.1) is 15.0 Å². The average Bonchev–Trinajstić information content (AvgIpc) is 3.01. The number of hydrogen-bond acceptors (Lipinski definition) is 4. The SMILES string of the molecule is CC(C)[C@@H](Br)C(=O)Nc1nc2ccc(OCc3ccccc3)cc2s1. The van der Waals surface area contributed by atoms with Gasteiger partial charge in [0.25, 0.3) is 0 Å². The molecule has 1 aromatic heterocycles. The van der Waals surface area contributed by atoms with Crippen molar-refractivity contribution in [2.75, 3.05) is 5.32 Å². The molecule has 6 heteroatoms. The Morgan fingerprint density at radius 3 is 2.72 bits per heavy atom. The Morgan fingerprint density at radius 1 is 1.24 bits per heavy atom. The first-order valence-electron chi connectivity index (χ1n) is 8.05. The lowest BCUT2D eigenvalue weighted by atomic mass is 10.1. The van der Waals surface area contributed by atoms with Crippen molar-refractivity contribution in [1.82, 2.24) is 4.98 Å². The summed E-state index contributed by atoms with van der Waals surface area (Å²) in [6, 6.07) is 15.8. The lowest BCUT2D eigenvalue weighted by molar-refractivity contribution is -0.116. The minimum atomic E-state index is -0.232. The van der Waals surface area contributed by atoms with Crippen molar-refractivity contribution in [2.45, 2.75) is 25.3 Å². The van der Waals surface area contributed by atoms with Gasteiger partial charge in [-0.1, -0.05) is 71.4 Å². The molecule has 0 aliphatic heterocycles. The van der Waals surface area contributed by atoms with E-state index in [0.29, 0.717) is 11.7 Å². The molecule has 3 aromatic rings. The molecular weight excluding hydrogens is 400 g/mol. The van der Waals surface area contributed by atoms with Crippen LogP contribution in [0.25, 0.3) is 10.2 Å². The molecule has 25 heavy (non-hydrogen) atoms. The van der Waals surface area contributed by atoms with E-state index in [1.165, 1.54) is 11.3 Å². The molecule has 0 aliphatic carbocycles. The van der Waals surface area contributed by atoms with Crippen molar-refractivity contribution >= 4 is 48.5 Å². The molecule has 0 unspecified atom stereocenters. The molecule has 1 atom stereocenters. The third kappa shape index (κ3) is 4.58. The maximum Gasteiger partial charge on any atom is 0.240 e. The third-order valence-corrected chi connectivity index (χ3v) is 6.08. The molecule has 0 fully saturated rings. The number of carbonyl (C=O) groups excluding carboxylic acids is 1. The van der Waals surface area contributed by atoms with Crippen molar-refractivity contribution in [3.8, 4) is 5.75 Å². The van der Waals surface area contributed by atoms with E-state index < -0.39 is 0 Å². The average molecular weight is 419 g/mol. The van der Waals surface area contributed by atoms with Crippen LogP contribution in [0.15, 0.2) is 48.5 Å². The van der Waals surface area contributed by atoms with E-state index in [1.807, 2.05) is 62.4 Å². The standard InChI is InChI=1S/C19H19BrN2O2S/c1-12(2)17(20)18(23)22-19-21-15-9-8-14(10-16(15)25-19)24-11-13-6-4-3-5-7-13/h3-10,12,17H,11H2,1-2H3,(H,21,22,23)/t17-/m1/s1. The van der Waals surface area contributed by atoms with Gasteiger partial charge >= 0.3 is 0 Å². The van der Waals surface area contributed by atoms with Gasteiger partial charge in [0.2, 0.25) is 5.91 Å². The normalized spacial score (nSPS) is 12.3. The van der Waals surface area contributed by atoms with E-state index in [-0.39, 0.29) is 16.7 Å². The minimum Gasteiger partial charge on any atom is -0.489 e. The molecule has 0 saturated heterocycles. The highest BCUT2D eigenvalue weighted by Gasteiger charge is 2.19. The van der Waals surface area contributed by atoms with Crippen LogP contribution in [-0.2, 0) is 11.4 Å². The first-order chi connectivity index (χ1) is 12.0. The molecule has 0 radical (unpaired) electrons. The number of thiazole rings is 1. The van der Waals surface area contributed by atoms with Crippen LogP contribution in [0.1, 0.15) is 19.4 Å². The number of fused-ring (bicyclic) bond motifs is 1. The first kappa shape index (κ1) is 17.9. The Kier molecular flexibility index (Phi) is 5.71. The van der Waals surface area contributed by atoms with Gasteiger partial charge < -0.3 is 10.1 Å². The van der Waals surface area contributed by atoms with Crippen molar-refractivity contribution in [1.29, 1.82) is 0 Å². The van der Waals surface area contributed by atoms with Crippen LogP contribution in [0.2, 0.25) is 0 Å². The number of nitrogens with zero attached hydrogens (tertiary/aromatic N) is 1. The summed E-state index contributed by atoms with van der Waals surface area (Å²) in [6.45, 7) is 4.51. The Hall–Kier alpha value is -1.92. The van der Waals surface area contributed by atoms with Crippen LogP contribution in [0.3, 0.4) is 0 Å². The quantitative estimate of drug-likeness (QED) is 0.557. The van der Waals surface area contributed by atoms with Gasteiger partial charge in [-0.05, 0) is 29.7 Å². The van der Waals surface area contributed by atoms with E-state index in [2.05, 4.69) is 26.2 Å². The number of aromatic nitrogens is 1. The summed E-state index contributed by atoms with van der Waals surface area (Å²) >= 11 is 4.85. The van der Waals surface area contributed by atoms with Crippen molar-refractivity contribution in [3.63, 3.8) is 0 Å². The zero-order chi connectivity index (χ0) is 17.8. The summed E-state index contributed by atoms with van der Waals surface area (Å²) in [5.41, 5.74) is 1.97. The zero-order valence-electron chi connectivity index (χ0n) is 14.0. The molecule has 0 saturated carbocycles. The van der Waals surface area contributed by atoms with Crippen LogP contribution in [0.5, 0.6) is 5.75 Å². The van der Waals surface area contributed by atoms with Crippen LogP contribution >= 0.6 is 27.3 Å². The molecule has 1 N–H and O–H groups in total. The number of anilines is 1. The lowest BCUT2D eigenvalue weighted by Gasteiger charge is -2.11. The molecular formula is C19H19BrN2O2S. The molecule has 3 rings (SSSR count). The van der Waals surface area contributed by atoms with E-state index in [0.717, 1.165) is 21.5 Å². The second-order valence-corrected chi connectivity index (χ2v) is 8.08. The highest BCUT2D eigenvalue weighted by Crippen LogP contribution is 2.30. The number of ether oxygens (including phenoxy) is 1. The molecule has 1 amide bonds.